The molecule has 0 radical (unpaired) electrons. The zero-order chi connectivity index (χ0) is 22.8. The van der Waals surface area contributed by atoms with E-state index in [1.165, 1.54) is 51.4 Å². The van der Waals surface area contributed by atoms with Crippen molar-refractivity contribution >= 4 is 49.1 Å². The standard InChI is InChI=1S/C17H20N4O7S3/c1-28-16(22)12-10-15(29-11-12)31(26,27)21-8-6-20(7-9-21)30(24,25)14-4-2-13(3-5-14)19-17(18)23/h2-5,10-11H,6-9H2,1H3,(H3,18,19,23). The average Bonchev–Trinajstić information content (AvgIpc) is 3.24. The summed E-state index contributed by atoms with van der Waals surface area (Å²) in [4.78, 5) is 22.5. The van der Waals surface area contributed by atoms with Crippen molar-refractivity contribution in [3.05, 3.63) is 41.3 Å². The fourth-order valence-electron chi connectivity index (χ4n) is 2.96. The number of piperazine rings is 1. The Morgan fingerprint density at radius 2 is 1.55 bits per heavy atom. The summed E-state index contributed by atoms with van der Waals surface area (Å²) in [5, 5.41) is 3.74. The van der Waals surface area contributed by atoms with E-state index in [-0.39, 0.29) is 40.8 Å². The number of urea groups is 1. The van der Waals surface area contributed by atoms with Gasteiger partial charge in [-0.2, -0.15) is 8.61 Å². The van der Waals surface area contributed by atoms with Gasteiger partial charge in [-0.15, -0.1) is 11.3 Å². The molecule has 0 unspecified atom stereocenters. The highest BCUT2D eigenvalue weighted by atomic mass is 32.2. The van der Waals surface area contributed by atoms with E-state index >= 15 is 0 Å². The maximum absolute atomic E-state index is 12.9. The van der Waals surface area contributed by atoms with Gasteiger partial charge in [-0.1, -0.05) is 0 Å². The summed E-state index contributed by atoms with van der Waals surface area (Å²) in [6.07, 6.45) is 0. The molecule has 2 amide bonds. The molecule has 3 rings (SSSR count). The third-order valence-corrected chi connectivity index (χ3v) is 9.77. The van der Waals surface area contributed by atoms with Gasteiger partial charge in [0.25, 0.3) is 10.0 Å². The highest BCUT2D eigenvalue weighted by Gasteiger charge is 2.34. The molecule has 2 heterocycles. The van der Waals surface area contributed by atoms with Gasteiger partial charge in [0.05, 0.1) is 17.6 Å². The molecule has 1 aliphatic heterocycles. The Hall–Kier alpha value is -2.52. The quantitative estimate of drug-likeness (QED) is 0.567. The first kappa shape index (κ1) is 23.1. The van der Waals surface area contributed by atoms with Crippen molar-refractivity contribution in [2.45, 2.75) is 9.10 Å². The van der Waals surface area contributed by atoms with E-state index in [0.717, 1.165) is 11.3 Å². The largest absolute Gasteiger partial charge is 0.465 e. The lowest BCUT2D eigenvalue weighted by molar-refractivity contribution is 0.0601. The van der Waals surface area contributed by atoms with Crippen LogP contribution in [0.4, 0.5) is 10.5 Å². The third kappa shape index (κ3) is 4.88. The van der Waals surface area contributed by atoms with Gasteiger partial charge < -0.3 is 15.8 Å². The van der Waals surface area contributed by atoms with Crippen LogP contribution in [-0.4, -0.2) is 70.7 Å². The summed E-state index contributed by atoms with van der Waals surface area (Å²) in [7, 11) is -6.50. The molecule has 3 N–H and O–H groups in total. The van der Waals surface area contributed by atoms with Crippen molar-refractivity contribution in [3.8, 4) is 0 Å². The van der Waals surface area contributed by atoms with Crippen LogP contribution in [0.2, 0.25) is 0 Å². The number of sulfonamides is 2. The smallest absolute Gasteiger partial charge is 0.338 e. The SMILES string of the molecule is COC(=O)c1csc(S(=O)(=O)N2CCN(S(=O)(=O)c3ccc(NC(N)=O)cc3)CC2)c1. The predicted octanol–water partition coefficient (Wildman–Crippen LogP) is 0.720. The summed E-state index contributed by atoms with van der Waals surface area (Å²) in [5.74, 6) is -0.634. The summed E-state index contributed by atoms with van der Waals surface area (Å²) in [6.45, 7) is -0.126. The molecule has 1 aromatic carbocycles. The number of methoxy groups -OCH3 is 1. The number of hydrogen-bond donors (Lipinski definition) is 2. The van der Waals surface area contributed by atoms with E-state index < -0.39 is 32.0 Å². The summed E-state index contributed by atoms with van der Waals surface area (Å²) in [5.41, 5.74) is 5.52. The third-order valence-electron chi connectivity index (χ3n) is 4.55. The molecule has 1 aliphatic rings. The Balaban J connectivity index is 1.70. The minimum absolute atomic E-state index is 0.0123. The van der Waals surface area contributed by atoms with Crippen molar-refractivity contribution in [1.29, 1.82) is 0 Å². The molecule has 1 fully saturated rings. The molecular formula is C17H20N4O7S3. The fourth-order valence-corrected chi connectivity index (χ4v) is 7.10. The number of hydrogen-bond acceptors (Lipinski definition) is 8. The van der Waals surface area contributed by atoms with Gasteiger partial charge in [0.15, 0.2) is 0 Å². The zero-order valence-electron chi connectivity index (χ0n) is 16.3. The number of nitrogens with one attached hydrogen (secondary N) is 1. The number of carbonyl (C=O) groups is 2. The fraction of sp³-hybridized carbons (Fsp3) is 0.294. The molecule has 0 aliphatic carbocycles. The van der Waals surface area contributed by atoms with E-state index in [4.69, 9.17) is 5.73 Å². The predicted molar refractivity (Wildman–Crippen MR) is 113 cm³/mol. The molecule has 168 valence electrons. The van der Waals surface area contributed by atoms with Crippen LogP contribution in [0.1, 0.15) is 10.4 Å². The van der Waals surface area contributed by atoms with Crippen molar-refractivity contribution < 1.29 is 31.2 Å². The van der Waals surface area contributed by atoms with E-state index in [2.05, 4.69) is 10.1 Å². The molecule has 1 saturated heterocycles. The van der Waals surface area contributed by atoms with Gasteiger partial charge in [-0.05, 0) is 30.3 Å². The van der Waals surface area contributed by atoms with E-state index in [9.17, 15) is 26.4 Å². The number of carbonyl (C=O) groups excluding carboxylic acids is 2. The number of primary amides is 1. The number of anilines is 1. The van der Waals surface area contributed by atoms with Crippen LogP contribution in [0.25, 0.3) is 0 Å². The van der Waals surface area contributed by atoms with Crippen LogP contribution >= 0.6 is 11.3 Å². The van der Waals surface area contributed by atoms with Gasteiger partial charge in [-0.3, -0.25) is 0 Å². The first-order chi connectivity index (χ1) is 14.6. The van der Waals surface area contributed by atoms with Crippen LogP contribution in [0.15, 0.2) is 44.8 Å². The number of thiophene rings is 1. The lowest BCUT2D eigenvalue weighted by Gasteiger charge is -2.33. The number of amides is 2. The molecule has 11 nitrogen and oxygen atoms in total. The van der Waals surface area contributed by atoms with Gasteiger partial charge in [0.1, 0.15) is 4.21 Å². The highest BCUT2D eigenvalue weighted by Crippen LogP contribution is 2.27. The molecule has 0 saturated carbocycles. The maximum atomic E-state index is 12.9. The first-order valence-corrected chi connectivity index (χ1v) is 12.7. The number of benzene rings is 1. The Kier molecular flexibility index (Phi) is 6.66. The van der Waals surface area contributed by atoms with Crippen LogP contribution in [0.3, 0.4) is 0 Å². The van der Waals surface area contributed by atoms with Crippen molar-refractivity contribution in [2.24, 2.45) is 5.73 Å². The van der Waals surface area contributed by atoms with Crippen LogP contribution in [0, 0.1) is 0 Å². The molecule has 0 spiro atoms. The number of esters is 1. The topological polar surface area (TPSA) is 156 Å². The second-order valence-corrected chi connectivity index (χ2v) is 11.5. The Morgan fingerprint density at radius 1 is 1.00 bits per heavy atom. The van der Waals surface area contributed by atoms with E-state index in [1.54, 1.807) is 0 Å². The highest BCUT2D eigenvalue weighted by molar-refractivity contribution is 7.91. The minimum atomic E-state index is -3.86. The molecule has 0 atom stereocenters. The Labute approximate surface area is 183 Å². The molecular weight excluding hydrogens is 468 g/mol. The Morgan fingerprint density at radius 3 is 2.06 bits per heavy atom. The monoisotopic (exact) mass is 488 g/mol. The second kappa shape index (κ2) is 8.92. The van der Waals surface area contributed by atoms with Crippen LogP contribution in [0.5, 0.6) is 0 Å². The molecule has 31 heavy (non-hydrogen) atoms. The molecule has 0 bridgehead atoms. The normalized spacial score (nSPS) is 16.0. The summed E-state index contributed by atoms with van der Waals surface area (Å²) in [6, 6.07) is 5.98. The van der Waals surface area contributed by atoms with E-state index in [1.807, 2.05) is 0 Å². The lowest BCUT2D eigenvalue weighted by atomic mass is 10.3. The molecule has 2 aromatic rings. The van der Waals surface area contributed by atoms with Crippen LogP contribution in [-0.2, 0) is 24.8 Å². The number of nitrogens with zero attached hydrogens (tertiary/aromatic N) is 2. The van der Waals surface area contributed by atoms with Gasteiger partial charge in [0, 0.05) is 37.2 Å². The lowest BCUT2D eigenvalue weighted by Crippen LogP contribution is -2.50. The number of ether oxygens (including phenoxy) is 1. The Bertz CT molecular complexity index is 1180. The summed E-state index contributed by atoms with van der Waals surface area (Å²) >= 11 is 0.901. The van der Waals surface area contributed by atoms with Gasteiger partial charge >= 0.3 is 12.0 Å². The summed E-state index contributed by atoms with van der Waals surface area (Å²) < 4.78 is 58.3. The van der Waals surface area contributed by atoms with Crippen molar-refractivity contribution in [2.75, 3.05) is 38.6 Å². The van der Waals surface area contributed by atoms with Crippen molar-refractivity contribution in [3.63, 3.8) is 0 Å². The average molecular weight is 489 g/mol. The van der Waals surface area contributed by atoms with Gasteiger partial charge in [0.2, 0.25) is 10.0 Å². The van der Waals surface area contributed by atoms with E-state index in [0.29, 0.717) is 5.69 Å². The van der Waals surface area contributed by atoms with Crippen molar-refractivity contribution in [1.82, 2.24) is 8.61 Å². The molecule has 14 heteroatoms. The van der Waals surface area contributed by atoms with Crippen LogP contribution < -0.4 is 11.1 Å². The number of nitrogens with two attached hydrogens (primary N) is 1. The minimum Gasteiger partial charge on any atom is -0.465 e. The first-order valence-electron chi connectivity index (χ1n) is 8.89. The molecule has 1 aromatic heterocycles. The second-order valence-electron chi connectivity index (χ2n) is 6.47. The zero-order valence-corrected chi connectivity index (χ0v) is 18.8. The number of rotatable bonds is 6. The van der Waals surface area contributed by atoms with Gasteiger partial charge in [-0.25, -0.2) is 26.4 Å². The maximum Gasteiger partial charge on any atom is 0.338 e.